The Kier molecular flexibility index (Phi) is 6.90. The van der Waals surface area contributed by atoms with E-state index >= 15 is 0 Å². The monoisotopic (exact) mass is 463 g/mol. The molecule has 168 valence electrons. The summed E-state index contributed by atoms with van der Waals surface area (Å²) in [6.07, 6.45) is 0. The number of fused-ring (bicyclic) bond motifs is 1. The first-order valence-electron chi connectivity index (χ1n) is 10.3. The number of amides is 1. The number of aryl methyl sites for hydroxylation is 1. The average Bonchev–Trinajstić information content (AvgIpc) is 3.09. The number of carbonyl (C=O) groups excluding carboxylic acids is 1. The van der Waals surface area contributed by atoms with Gasteiger partial charge in [-0.05, 0) is 36.8 Å². The second-order valence-electron chi connectivity index (χ2n) is 7.27. The molecule has 0 unspecified atom stereocenters. The summed E-state index contributed by atoms with van der Waals surface area (Å²) in [5.41, 5.74) is 1.88. The van der Waals surface area contributed by atoms with Gasteiger partial charge >= 0.3 is 5.91 Å². The van der Waals surface area contributed by atoms with E-state index in [2.05, 4.69) is 10.2 Å². The van der Waals surface area contributed by atoms with Gasteiger partial charge in [-0.1, -0.05) is 60.1 Å². The quantitative estimate of drug-likeness (QED) is 0.321. The molecule has 0 bridgehead atoms. The first-order valence-corrected chi connectivity index (χ1v) is 10.7. The van der Waals surface area contributed by atoms with Crippen LogP contribution in [0.4, 0.5) is 5.69 Å². The van der Waals surface area contributed by atoms with Crippen LogP contribution >= 0.6 is 11.6 Å². The van der Waals surface area contributed by atoms with Gasteiger partial charge in [-0.3, -0.25) is 4.79 Å². The fourth-order valence-corrected chi connectivity index (χ4v) is 3.59. The average molecular weight is 464 g/mol. The lowest BCUT2D eigenvalue weighted by Crippen LogP contribution is -2.08. The summed E-state index contributed by atoms with van der Waals surface area (Å²) in [5.74, 6) is 0.514. The second-order valence-corrected chi connectivity index (χ2v) is 7.67. The zero-order valence-electron chi connectivity index (χ0n) is 17.9. The van der Waals surface area contributed by atoms with Gasteiger partial charge in [0.15, 0.2) is 12.3 Å². The van der Waals surface area contributed by atoms with Crippen molar-refractivity contribution < 1.29 is 19.4 Å². The molecule has 0 saturated carbocycles. The lowest BCUT2D eigenvalue weighted by molar-refractivity contribution is -0.120. The topological polar surface area (TPSA) is 85.4 Å². The van der Waals surface area contributed by atoms with E-state index in [-0.39, 0.29) is 24.8 Å². The molecule has 0 spiro atoms. The zero-order chi connectivity index (χ0) is 23.2. The molecule has 8 heteroatoms. The van der Waals surface area contributed by atoms with Crippen molar-refractivity contribution in [3.63, 3.8) is 0 Å². The number of aromatic hydroxyl groups is 1. The van der Waals surface area contributed by atoms with E-state index in [0.29, 0.717) is 28.5 Å². The molecule has 3 aromatic carbocycles. The number of ether oxygens (including phenoxy) is 2. The van der Waals surface area contributed by atoms with Crippen molar-refractivity contribution in [2.24, 2.45) is 10.2 Å². The molecular formula is C25H22ClN3O4. The predicted octanol–water partition coefficient (Wildman–Crippen LogP) is 6.08. The minimum absolute atomic E-state index is 0.102. The summed E-state index contributed by atoms with van der Waals surface area (Å²) in [5, 5.41) is 19.8. The van der Waals surface area contributed by atoms with Gasteiger partial charge < -0.3 is 19.1 Å². The summed E-state index contributed by atoms with van der Waals surface area (Å²) >= 11 is 6.13. The molecule has 0 fully saturated rings. The fraction of sp³-hybridized carbons (Fsp3) is 0.160. The summed E-state index contributed by atoms with van der Waals surface area (Å²) in [7, 11) is 0. The minimum atomic E-state index is -0.559. The molecule has 1 aromatic heterocycles. The maximum atomic E-state index is 12.2. The van der Waals surface area contributed by atoms with Crippen LogP contribution in [-0.4, -0.2) is 28.8 Å². The van der Waals surface area contributed by atoms with Crippen molar-refractivity contribution in [3.8, 4) is 17.4 Å². The van der Waals surface area contributed by atoms with Crippen LogP contribution in [0.15, 0.2) is 83.0 Å². The molecular weight excluding hydrogens is 442 g/mol. The van der Waals surface area contributed by atoms with Gasteiger partial charge in [0.25, 0.3) is 0 Å². The van der Waals surface area contributed by atoms with Gasteiger partial charge in [0, 0.05) is 5.39 Å². The van der Waals surface area contributed by atoms with Crippen LogP contribution in [0.2, 0.25) is 5.02 Å². The van der Waals surface area contributed by atoms with Crippen molar-refractivity contribution in [3.05, 3.63) is 83.4 Å². The molecule has 7 nitrogen and oxygen atoms in total. The first kappa shape index (κ1) is 22.4. The third-order valence-corrected chi connectivity index (χ3v) is 5.35. The Hall–Kier alpha value is -3.84. The van der Waals surface area contributed by atoms with Crippen molar-refractivity contribution in [1.29, 1.82) is 0 Å². The maximum Gasteiger partial charge on any atom is 0.302 e. The fourth-order valence-electron chi connectivity index (χ4n) is 3.40. The van der Waals surface area contributed by atoms with Crippen LogP contribution in [0.5, 0.6) is 17.4 Å². The molecule has 0 aliphatic heterocycles. The van der Waals surface area contributed by atoms with Gasteiger partial charge in [-0.15, -0.1) is 10.2 Å². The normalized spacial score (nSPS) is 11.2. The minimum Gasteiger partial charge on any atom is -0.493 e. The van der Waals surface area contributed by atoms with Crippen LogP contribution in [0, 0.1) is 6.92 Å². The van der Waals surface area contributed by atoms with Crippen LogP contribution in [0.3, 0.4) is 0 Å². The van der Waals surface area contributed by atoms with Gasteiger partial charge in [-0.25, -0.2) is 0 Å². The number of aromatic nitrogens is 1. The van der Waals surface area contributed by atoms with E-state index in [1.807, 2.05) is 61.5 Å². The summed E-state index contributed by atoms with van der Waals surface area (Å²) in [6.45, 7) is 2.26. The number of hydrogen-bond donors (Lipinski definition) is 1. The van der Waals surface area contributed by atoms with Gasteiger partial charge in [0.2, 0.25) is 5.88 Å². The van der Waals surface area contributed by atoms with E-state index in [1.165, 1.54) is 0 Å². The number of para-hydroxylation sites is 3. The lowest BCUT2D eigenvalue weighted by Gasteiger charge is -2.10. The van der Waals surface area contributed by atoms with Crippen molar-refractivity contribution >= 4 is 34.1 Å². The molecule has 1 amide bonds. The van der Waals surface area contributed by atoms with Crippen LogP contribution in [0.25, 0.3) is 10.9 Å². The Labute approximate surface area is 195 Å². The highest BCUT2D eigenvalue weighted by Crippen LogP contribution is 2.38. The molecule has 33 heavy (non-hydrogen) atoms. The molecule has 4 rings (SSSR count). The maximum absolute atomic E-state index is 12.2. The molecule has 0 atom stereocenters. The largest absolute Gasteiger partial charge is 0.493 e. The first-order chi connectivity index (χ1) is 16.0. The highest BCUT2D eigenvalue weighted by molar-refractivity contribution is 6.32. The SMILES string of the molecule is Cc1ccccc1OCC(=O)N=Nc1c(O)n(CCOc2ccccc2Cl)c2ccccc12. The Bertz CT molecular complexity index is 1320. The van der Waals surface area contributed by atoms with Crippen LogP contribution < -0.4 is 9.47 Å². The highest BCUT2D eigenvalue weighted by atomic mass is 35.5. The number of hydrogen-bond acceptors (Lipinski definition) is 5. The number of carbonyl (C=O) groups is 1. The Morgan fingerprint density at radius 3 is 2.45 bits per heavy atom. The molecule has 0 radical (unpaired) electrons. The molecule has 0 saturated heterocycles. The van der Waals surface area contributed by atoms with Gasteiger partial charge in [0.1, 0.15) is 18.1 Å². The van der Waals surface area contributed by atoms with Gasteiger partial charge in [0.05, 0.1) is 17.1 Å². The molecule has 0 aliphatic rings. The lowest BCUT2D eigenvalue weighted by atomic mass is 10.2. The highest BCUT2D eigenvalue weighted by Gasteiger charge is 2.17. The van der Waals surface area contributed by atoms with Crippen LogP contribution in [-0.2, 0) is 11.3 Å². The Balaban J connectivity index is 1.48. The molecule has 4 aromatic rings. The van der Waals surface area contributed by atoms with E-state index in [1.54, 1.807) is 22.8 Å². The van der Waals surface area contributed by atoms with Crippen molar-refractivity contribution in [2.45, 2.75) is 13.5 Å². The summed E-state index contributed by atoms with van der Waals surface area (Å²) in [6, 6.07) is 21.9. The molecule has 1 N–H and O–H groups in total. The van der Waals surface area contributed by atoms with E-state index in [0.717, 1.165) is 11.1 Å². The predicted molar refractivity (Wildman–Crippen MR) is 127 cm³/mol. The standard InChI is InChI=1S/C25H22ClN3O4/c1-17-8-2-6-12-21(17)33-16-23(30)27-28-24-18-9-3-5-11-20(18)29(25(24)31)14-15-32-22-13-7-4-10-19(22)26/h2-13,31H,14-16H2,1H3. The van der Waals surface area contributed by atoms with Crippen LogP contribution in [0.1, 0.15) is 5.56 Å². The number of halogens is 1. The number of nitrogens with zero attached hydrogens (tertiary/aromatic N) is 3. The molecule has 0 aliphatic carbocycles. The number of azo groups is 1. The van der Waals surface area contributed by atoms with Gasteiger partial charge in [-0.2, -0.15) is 0 Å². The van der Waals surface area contributed by atoms with Crippen molar-refractivity contribution in [2.75, 3.05) is 13.2 Å². The third kappa shape index (κ3) is 5.15. The number of rotatable bonds is 8. The van der Waals surface area contributed by atoms with E-state index < -0.39 is 5.91 Å². The Morgan fingerprint density at radius 1 is 0.970 bits per heavy atom. The summed E-state index contributed by atoms with van der Waals surface area (Å²) in [4.78, 5) is 12.2. The zero-order valence-corrected chi connectivity index (χ0v) is 18.7. The molecule has 1 heterocycles. The summed E-state index contributed by atoms with van der Waals surface area (Å²) < 4.78 is 12.9. The van der Waals surface area contributed by atoms with E-state index in [4.69, 9.17) is 21.1 Å². The van der Waals surface area contributed by atoms with Crippen molar-refractivity contribution in [1.82, 2.24) is 4.57 Å². The third-order valence-electron chi connectivity index (χ3n) is 5.03. The van der Waals surface area contributed by atoms with E-state index in [9.17, 15) is 9.90 Å². The second kappa shape index (κ2) is 10.2. The number of benzene rings is 3. The smallest absolute Gasteiger partial charge is 0.302 e. The Morgan fingerprint density at radius 2 is 1.67 bits per heavy atom.